The Hall–Kier alpha value is -3.82. The Morgan fingerprint density at radius 2 is 1.80 bits per heavy atom. The van der Waals surface area contributed by atoms with Gasteiger partial charge in [0.05, 0.1) is 56.8 Å². The van der Waals surface area contributed by atoms with Crippen LogP contribution in [0.5, 0.6) is 11.6 Å². The lowest BCUT2D eigenvalue weighted by Crippen LogP contribution is -2.45. The maximum Gasteiger partial charge on any atom is 0.256 e. The Morgan fingerprint density at radius 1 is 1.00 bits per heavy atom. The standard InChI is InChI=1S/C34H46ClN9O5/c1-25(21-43-24-36-23-39-43)49-32-18-26(4-9-30(32)35)27-19-37-34(38-20-27)40-31-22-44(41-33(31)48-13-3-12-46-17-16-45-2)29-7-5-28(6-8-29)42-10-14-47-15-11-42/h4,9,18-20,22-25,28-29H,3,5-8,10-17,21H2,1-2H3,(H,37,38,40). The molecule has 1 aliphatic carbocycles. The van der Waals surface area contributed by atoms with Gasteiger partial charge < -0.3 is 29.0 Å². The second kappa shape index (κ2) is 17.7. The largest absolute Gasteiger partial charge is 0.487 e. The second-order valence-corrected chi connectivity index (χ2v) is 12.8. The lowest BCUT2D eigenvalue weighted by atomic mass is 9.90. The fraction of sp³-hybridized carbons (Fsp3) is 0.559. The highest BCUT2D eigenvalue weighted by molar-refractivity contribution is 6.32. The van der Waals surface area contributed by atoms with Crippen molar-refractivity contribution in [2.75, 3.05) is 65.2 Å². The fourth-order valence-corrected chi connectivity index (χ4v) is 6.40. The fourth-order valence-electron chi connectivity index (χ4n) is 6.24. The number of benzene rings is 1. The number of hydrogen-bond donors (Lipinski definition) is 1. The predicted octanol–water partition coefficient (Wildman–Crippen LogP) is 5.04. The zero-order valence-corrected chi connectivity index (χ0v) is 29.0. The molecular formula is C34H46ClN9O5. The van der Waals surface area contributed by atoms with Gasteiger partial charge in [-0.15, -0.1) is 5.10 Å². The van der Waals surface area contributed by atoms with Crippen molar-refractivity contribution < 1.29 is 23.7 Å². The maximum absolute atomic E-state index is 6.48. The van der Waals surface area contributed by atoms with Crippen molar-refractivity contribution in [1.29, 1.82) is 0 Å². The summed E-state index contributed by atoms with van der Waals surface area (Å²) in [5.74, 6) is 1.55. The number of nitrogens with one attached hydrogen (secondary N) is 1. The SMILES string of the molecule is COCCOCCCOc1nn(C2CCC(N3CCOCC3)CC2)cc1Nc1ncc(-c2ccc(Cl)c(OC(C)Cn3cncn3)c2)cn1. The van der Waals surface area contributed by atoms with Crippen molar-refractivity contribution in [2.45, 2.75) is 63.8 Å². The van der Waals surface area contributed by atoms with Crippen LogP contribution in [-0.4, -0.2) is 111 Å². The number of anilines is 2. The van der Waals surface area contributed by atoms with E-state index in [-0.39, 0.29) is 6.10 Å². The summed E-state index contributed by atoms with van der Waals surface area (Å²) < 4.78 is 32.3. The molecule has 264 valence electrons. The van der Waals surface area contributed by atoms with Crippen LogP contribution in [0.1, 0.15) is 45.1 Å². The summed E-state index contributed by atoms with van der Waals surface area (Å²) in [4.78, 5) is 15.8. The first kappa shape index (κ1) is 35.0. The number of halogens is 1. The van der Waals surface area contributed by atoms with Crippen LogP contribution in [0.4, 0.5) is 11.6 Å². The summed E-state index contributed by atoms with van der Waals surface area (Å²) in [7, 11) is 1.66. The quantitative estimate of drug-likeness (QED) is 0.148. The van der Waals surface area contributed by atoms with E-state index in [1.165, 1.54) is 6.33 Å². The highest BCUT2D eigenvalue weighted by atomic mass is 35.5. The van der Waals surface area contributed by atoms with Crippen LogP contribution < -0.4 is 14.8 Å². The normalized spacial score (nSPS) is 19.1. The van der Waals surface area contributed by atoms with Crippen LogP contribution in [0.15, 0.2) is 49.4 Å². The average Bonchev–Trinajstić information content (AvgIpc) is 3.79. The molecule has 0 bridgehead atoms. The average molecular weight is 696 g/mol. The van der Waals surface area contributed by atoms with Gasteiger partial charge in [-0.05, 0) is 50.3 Å². The molecule has 0 spiro atoms. The molecule has 1 aliphatic heterocycles. The Balaban J connectivity index is 1.10. The minimum absolute atomic E-state index is 0.169. The van der Waals surface area contributed by atoms with E-state index < -0.39 is 0 Å². The van der Waals surface area contributed by atoms with Gasteiger partial charge in [0.1, 0.15) is 30.2 Å². The Labute approximate surface area is 292 Å². The monoisotopic (exact) mass is 695 g/mol. The zero-order valence-electron chi connectivity index (χ0n) is 28.2. The Kier molecular flexibility index (Phi) is 12.7. The summed E-state index contributed by atoms with van der Waals surface area (Å²) >= 11 is 6.48. The number of nitrogens with zero attached hydrogens (tertiary/aromatic N) is 8. The van der Waals surface area contributed by atoms with Crippen LogP contribution in [0.2, 0.25) is 5.02 Å². The Morgan fingerprint density at radius 3 is 2.55 bits per heavy atom. The number of ether oxygens (including phenoxy) is 5. The number of rotatable bonds is 17. The molecule has 3 aromatic heterocycles. The van der Waals surface area contributed by atoms with Crippen LogP contribution in [0, 0.1) is 0 Å². The molecule has 1 N–H and O–H groups in total. The zero-order chi connectivity index (χ0) is 33.8. The number of hydrogen-bond acceptors (Lipinski definition) is 12. The molecule has 15 heteroatoms. The van der Waals surface area contributed by atoms with Crippen molar-refractivity contribution in [3.63, 3.8) is 0 Å². The molecule has 0 amide bonds. The summed E-state index contributed by atoms with van der Waals surface area (Å²) in [5.41, 5.74) is 2.44. The molecule has 1 unspecified atom stereocenters. The third kappa shape index (κ3) is 9.88. The summed E-state index contributed by atoms with van der Waals surface area (Å²) in [5, 5.41) is 12.9. The molecule has 2 aliphatic rings. The van der Waals surface area contributed by atoms with Crippen molar-refractivity contribution in [3.8, 4) is 22.8 Å². The third-order valence-electron chi connectivity index (χ3n) is 8.81. The summed E-state index contributed by atoms with van der Waals surface area (Å²) in [6.45, 7) is 8.40. The van der Waals surface area contributed by atoms with Gasteiger partial charge in [-0.2, -0.15) is 5.10 Å². The van der Waals surface area contributed by atoms with Gasteiger partial charge in [0.15, 0.2) is 0 Å². The summed E-state index contributed by atoms with van der Waals surface area (Å²) in [6, 6.07) is 6.55. The first-order valence-corrected chi connectivity index (χ1v) is 17.4. The lowest BCUT2D eigenvalue weighted by molar-refractivity contribution is 0.00502. The van der Waals surface area contributed by atoms with E-state index in [0.717, 1.165) is 75.2 Å². The van der Waals surface area contributed by atoms with E-state index in [2.05, 4.69) is 34.9 Å². The molecule has 1 aromatic carbocycles. The van der Waals surface area contributed by atoms with E-state index >= 15 is 0 Å². The van der Waals surface area contributed by atoms with Crippen molar-refractivity contribution in [3.05, 3.63) is 54.5 Å². The van der Waals surface area contributed by atoms with Gasteiger partial charge in [0, 0.05) is 57.2 Å². The van der Waals surface area contributed by atoms with Crippen LogP contribution in [0.25, 0.3) is 11.1 Å². The lowest BCUT2D eigenvalue weighted by Gasteiger charge is -2.38. The second-order valence-electron chi connectivity index (χ2n) is 12.4. The van der Waals surface area contributed by atoms with Gasteiger partial charge in [0.25, 0.3) is 5.88 Å². The predicted molar refractivity (Wildman–Crippen MR) is 185 cm³/mol. The number of methoxy groups -OCH3 is 1. The molecule has 1 saturated carbocycles. The van der Waals surface area contributed by atoms with Crippen LogP contribution >= 0.6 is 11.6 Å². The molecular weight excluding hydrogens is 650 g/mol. The van der Waals surface area contributed by atoms with E-state index in [4.69, 9.17) is 40.4 Å². The molecule has 1 atom stereocenters. The van der Waals surface area contributed by atoms with E-state index in [1.54, 1.807) is 30.5 Å². The van der Waals surface area contributed by atoms with Gasteiger partial charge in [-0.3, -0.25) is 9.58 Å². The summed E-state index contributed by atoms with van der Waals surface area (Å²) in [6.07, 6.45) is 13.7. The maximum atomic E-state index is 6.48. The van der Waals surface area contributed by atoms with Crippen molar-refractivity contribution >= 4 is 23.2 Å². The molecule has 49 heavy (non-hydrogen) atoms. The van der Waals surface area contributed by atoms with E-state index in [9.17, 15) is 0 Å². The van der Waals surface area contributed by atoms with Crippen molar-refractivity contribution in [1.82, 2.24) is 39.4 Å². The van der Waals surface area contributed by atoms with Gasteiger partial charge in [-0.1, -0.05) is 17.7 Å². The van der Waals surface area contributed by atoms with Gasteiger partial charge >= 0.3 is 0 Å². The molecule has 2 fully saturated rings. The third-order valence-corrected chi connectivity index (χ3v) is 9.12. The van der Waals surface area contributed by atoms with Crippen LogP contribution in [-0.2, 0) is 20.8 Å². The first-order valence-electron chi connectivity index (χ1n) is 17.0. The minimum Gasteiger partial charge on any atom is -0.487 e. The van der Waals surface area contributed by atoms with E-state index in [0.29, 0.717) is 67.7 Å². The highest BCUT2D eigenvalue weighted by Gasteiger charge is 2.29. The molecule has 0 radical (unpaired) electrons. The Bertz CT molecular complexity index is 1560. The van der Waals surface area contributed by atoms with Gasteiger partial charge in [-0.25, -0.2) is 19.6 Å². The molecule has 1 saturated heterocycles. The molecule has 4 heterocycles. The first-order chi connectivity index (χ1) is 24.1. The van der Waals surface area contributed by atoms with E-state index in [1.807, 2.05) is 31.3 Å². The molecule has 6 rings (SSSR count). The molecule has 14 nitrogen and oxygen atoms in total. The smallest absolute Gasteiger partial charge is 0.256 e. The topological polar surface area (TPSA) is 136 Å². The van der Waals surface area contributed by atoms with Crippen LogP contribution in [0.3, 0.4) is 0 Å². The minimum atomic E-state index is -0.169. The number of morpholine rings is 1. The van der Waals surface area contributed by atoms with Crippen molar-refractivity contribution in [2.24, 2.45) is 0 Å². The number of aromatic nitrogens is 7. The highest BCUT2D eigenvalue weighted by Crippen LogP contribution is 2.35. The van der Waals surface area contributed by atoms with Gasteiger partial charge in [0.2, 0.25) is 5.95 Å². The molecule has 4 aromatic rings.